The van der Waals surface area contributed by atoms with Crippen LogP contribution in [0.15, 0.2) is 30.7 Å². The molecule has 3 heterocycles. The van der Waals surface area contributed by atoms with E-state index in [1.54, 1.807) is 42.5 Å². The van der Waals surface area contributed by atoms with Gasteiger partial charge in [-0.2, -0.15) is 5.10 Å². The first-order chi connectivity index (χ1) is 12.3. The Morgan fingerprint density at radius 3 is 3.20 bits per heavy atom. The molecule has 0 saturated carbocycles. The first-order valence-electron chi connectivity index (χ1n) is 8.28. The van der Waals surface area contributed by atoms with Gasteiger partial charge in [0.1, 0.15) is 12.2 Å². The number of nitrogens with zero attached hydrogens (tertiary/aromatic N) is 3. The molecule has 2 aromatic rings. The van der Waals surface area contributed by atoms with Gasteiger partial charge >= 0.3 is 0 Å². The minimum absolute atomic E-state index is 0.197. The summed E-state index contributed by atoms with van der Waals surface area (Å²) in [5, 5.41) is 7.09. The molecule has 1 amide bonds. The van der Waals surface area contributed by atoms with Gasteiger partial charge in [0.25, 0.3) is 5.91 Å². The Hall–Kier alpha value is -2.45. The van der Waals surface area contributed by atoms with E-state index in [1.807, 2.05) is 0 Å². The van der Waals surface area contributed by atoms with Gasteiger partial charge in [-0.3, -0.25) is 9.48 Å². The SMILES string of the molecule is COCCOc1ncccc1C(=O)Nc1cnn(C[C@H]2CCCO2)c1. The predicted octanol–water partition coefficient (Wildman–Crippen LogP) is 1.73. The molecular weight excluding hydrogens is 324 g/mol. The topological polar surface area (TPSA) is 87.5 Å². The van der Waals surface area contributed by atoms with Crippen molar-refractivity contribution in [1.82, 2.24) is 14.8 Å². The Morgan fingerprint density at radius 2 is 2.40 bits per heavy atom. The van der Waals surface area contributed by atoms with Crippen LogP contribution >= 0.6 is 0 Å². The van der Waals surface area contributed by atoms with Gasteiger partial charge in [-0.05, 0) is 25.0 Å². The summed E-state index contributed by atoms with van der Waals surface area (Å²) < 4.78 is 17.8. The van der Waals surface area contributed by atoms with Crippen molar-refractivity contribution in [3.8, 4) is 5.88 Å². The maximum Gasteiger partial charge on any atom is 0.261 e. The van der Waals surface area contributed by atoms with Gasteiger partial charge in [0, 0.05) is 26.1 Å². The van der Waals surface area contributed by atoms with Crippen molar-refractivity contribution in [2.24, 2.45) is 0 Å². The van der Waals surface area contributed by atoms with Crippen LogP contribution in [0.3, 0.4) is 0 Å². The van der Waals surface area contributed by atoms with Gasteiger partial charge in [-0.25, -0.2) is 4.98 Å². The van der Waals surface area contributed by atoms with Gasteiger partial charge in [-0.1, -0.05) is 0 Å². The van der Waals surface area contributed by atoms with Crippen LogP contribution in [-0.4, -0.2) is 53.7 Å². The average molecular weight is 346 g/mol. The third kappa shape index (κ3) is 4.77. The molecular formula is C17H22N4O4. The second-order valence-corrected chi connectivity index (χ2v) is 5.74. The van der Waals surface area contributed by atoms with E-state index in [9.17, 15) is 4.79 Å². The first kappa shape index (κ1) is 17.4. The Bertz CT molecular complexity index is 697. The zero-order chi connectivity index (χ0) is 17.5. The molecule has 1 saturated heterocycles. The fourth-order valence-electron chi connectivity index (χ4n) is 2.62. The van der Waals surface area contributed by atoms with Crippen LogP contribution < -0.4 is 10.1 Å². The lowest BCUT2D eigenvalue weighted by molar-refractivity contribution is 0.0940. The summed E-state index contributed by atoms with van der Waals surface area (Å²) in [7, 11) is 1.59. The highest BCUT2D eigenvalue weighted by Gasteiger charge is 2.18. The third-order valence-corrected chi connectivity index (χ3v) is 3.85. The zero-order valence-electron chi connectivity index (χ0n) is 14.2. The van der Waals surface area contributed by atoms with E-state index in [0.29, 0.717) is 31.0 Å². The quantitative estimate of drug-likeness (QED) is 0.733. The minimum atomic E-state index is -0.294. The highest BCUT2D eigenvalue weighted by Crippen LogP contribution is 2.18. The van der Waals surface area contributed by atoms with Crippen molar-refractivity contribution in [1.29, 1.82) is 0 Å². The largest absolute Gasteiger partial charge is 0.475 e. The van der Waals surface area contributed by atoms with Gasteiger partial charge in [-0.15, -0.1) is 0 Å². The normalized spacial score (nSPS) is 16.8. The van der Waals surface area contributed by atoms with Crippen molar-refractivity contribution in [3.05, 3.63) is 36.3 Å². The van der Waals surface area contributed by atoms with Gasteiger partial charge in [0.15, 0.2) is 0 Å². The summed E-state index contributed by atoms with van der Waals surface area (Å²) >= 11 is 0. The fraction of sp³-hybridized carbons (Fsp3) is 0.471. The van der Waals surface area contributed by atoms with Gasteiger partial charge < -0.3 is 19.5 Å². The second kappa shape index (κ2) is 8.59. The number of anilines is 1. The molecule has 134 valence electrons. The molecule has 3 rings (SSSR count). The molecule has 0 radical (unpaired) electrons. The van der Waals surface area contributed by atoms with Crippen LogP contribution in [0.5, 0.6) is 5.88 Å². The highest BCUT2D eigenvalue weighted by molar-refractivity contribution is 6.05. The number of rotatable bonds is 8. The van der Waals surface area contributed by atoms with Crippen molar-refractivity contribution in [2.45, 2.75) is 25.5 Å². The lowest BCUT2D eigenvalue weighted by Gasteiger charge is -2.10. The van der Waals surface area contributed by atoms with Crippen LogP contribution in [0.4, 0.5) is 5.69 Å². The second-order valence-electron chi connectivity index (χ2n) is 5.74. The van der Waals surface area contributed by atoms with Crippen LogP contribution in [0.1, 0.15) is 23.2 Å². The van der Waals surface area contributed by atoms with E-state index in [-0.39, 0.29) is 17.9 Å². The Labute approximate surface area is 146 Å². The van der Waals surface area contributed by atoms with Crippen molar-refractivity contribution >= 4 is 11.6 Å². The smallest absolute Gasteiger partial charge is 0.261 e. The zero-order valence-corrected chi connectivity index (χ0v) is 14.2. The molecule has 0 unspecified atom stereocenters. The number of hydrogen-bond acceptors (Lipinski definition) is 6. The fourth-order valence-corrected chi connectivity index (χ4v) is 2.62. The van der Waals surface area contributed by atoms with E-state index in [0.717, 1.165) is 19.4 Å². The van der Waals surface area contributed by atoms with Crippen molar-refractivity contribution in [2.75, 3.05) is 32.2 Å². The van der Waals surface area contributed by atoms with E-state index in [1.165, 1.54) is 0 Å². The number of carbonyl (C=O) groups excluding carboxylic acids is 1. The summed E-state index contributed by atoms with van der Waals surface area (Å²) in [4.78, 5) is 16.6. The maximum atomic E-state index is 12.5. The predicted molar refractivity (Wildman–Crippen MR) is 90.8 cm³/mol. The van der Waals surface area contributed by atoms with E-state index in [2.05, 4.69) is 15.4 Å². The number of aromatic nitrogens is 3. The van der Waals surface area contributed by atoms with E-state index >= 15 is 0 Å². The highest BCUT2D eigenvalue weighted by atomic mass is 16.5. The number of carbonyl (C=O) groups is 1. The molecule has 8 nitrogen and oxygen atoms in total. The Kier molecular flexibility index (Phi) is 5.97. The number of hydrogen-bond donors (Lipinski definition) is 1. The van der Waals surface area contributed by atoms with Crippen LogP contribution in [0.2, 0.25) is 0 Å². The molecule has 0 aromatic carbocycles. The molecule has 1 atom stereocenters. The summed E-state index contributed by atoms with van der Waals surface area (Å²) in [6.45, 7) is 2.25. The standard InChI is InChI=1S/C17H22N4O4/c1-23-8-9-25-17-15(5-2-6-18-17)16(22)20-13-10-19-21(11-13)12-14-4-3-7-24-14/h2,5-6,10-11,14H,3-4,7-9,12H2,1H3,(H,20,22)/t14-/m1/s1. The number of ether oxygens (including phenoxy) is 3. The first-order valence-corrected chi connectivity index (χ1v) is 8.28. The van der Waals surface area contributed by atoms with Crippen LogP contribution in [0.25, 0.3) is 0 Å². The summed E-state index contributed by atoms with van der Waals surface area (Å²) in [5.41, 5.74) is 0.986. The Balaban J connectivity index is 1.61. The van der Waals surface area contributed by atoms with Gasteiger partial charge in [0.2, 0.25) is 5.88 Å². The molecule has 1 N–H and O–H groups in total. The molecule has 0 bridgehead atoms. The molecule has 1 aliphatic heterocycles. The number of amides is 1. The van der Waals surface area contributed by atoms with E-state index in [4.69, 9.17) is 14.2 Å². The van der Waals surface area contributed by atoms with Crippen LogP contribution in [0, 0.1) is 0 Å². The lowest BCUT2D eigenvalue weighted by Crippen LogP contribution is -2.16. The number of nitrogens with one attached hydrogen (secondary N) is 1. The summed E-state index contributed by atoms with van der Waals surface area (Å²) in [5.74, 6) is -0.0130. The molecule has 25 heavy (non-hydrogen) atoms. The maximum absolute atomic E-state index is 12.5. The molecule has 0 aliphatic carbocycles. The summed E-state index contributed by atoms with van der Waals surface area (Å²) in [6.07, 6.45) is 7.32. The van der Waals surface area contributed by atoms with Crippen molar-refractivity contribution < 1.29 is 19.0 Å². The van der Waals surface area contributed by atoms with Crippen molar-refractivity contribution in [3.63, 3.8) is 0 Å². The number of pyridine rings is 1. The van der Waals surface area contributed by atoms with E-state index < -0.39 is 0 Å². The number of methoxy groups -OCH3 is 1. The molecule has 1 fully saturated rings. The molecule has 8 heteroatoms. The summed E-state index contributed by atoms with van der Waals surface area (Å²) in [6, 6.07) is 3.36. The van der Waals surface area contributed by atoms with Gasteiger partial charge in [0.05, 0.1) is 31.1 Å². The molecule has 0 spiro atoms. The monoisotopic (exact) mass is 346 g/mol. The Morgan fingerprint density at radius 1 is 1.48 bits per heavy atom. The van der Waals surface area contributed by atoms with Crippen LogP contribution in [-0.2, 0) is 16.0 Å². The molecule has 2 aromatic heterocycles. The minimum Gasteiger partial charge on any atom is -0.475 e. The lowest BCUT2D eigenvalue weighted by atomic mass is 10.2. The average Bonchev–Trinajstić information content (AvgIpc) is 3.28. The third-order valence-electron chi connectivity index (χ3n) is 3.85. The molecule has 1 aliphatic rings.